The molecule has 5 nitrogen and oxygen atoms in total. The minimum absolute atomic E-state index is 0.0950. The van der Waals surface area contributed by atoms with Crippen molar-refractivity contribution in [3.63, 3.8) is 0 Å². The lowest BCUT2D eigenvalue weighted by atomic mass is 9.98. The number of nitrogens with one attached hydrogen (secondary N) is 1. The van der Waals surface area contributed by atoms with Gasteiger partial charge >= 0.3 is 0 Å². The third-order valence-electron chi connectivity index (χ3n) is 5.90. The highest BCUT2D eigenvalue weighted by Crippen LogP contribution is 2.21. The van der Waals surface area contributed by atoms with Crippen molar-refractivity contribution >= 4 is 23.2 Å². The molecule has 1 aromatic rings. The van der Waals surface area contributed by atoms with Crippen molar-refractivity contribution in [3.05, 3.63) is 24.3 Å². The van der Waals surface area contributed by atoms with Gasteiger partial charge in [-0.2, -0.15) is 0 Å². The van der Waals surface area contributed by atoms with Gasteiger partial charge in [-0.1, -0.05) is 46.5 Å². The van der Waals surface area contributed by atoms with Crippen molar-refractivity contribution in [2.24, 2.45) is 5.92 Å². The first-order valence-corrected chi connectivity index (χ1v) is 11.5. The molecule has 0 aromatic heterocycles. The maximum Gasteiger partial charge on any atom is 0.227 e. The molecule has 29 heavy (non-hydrogen) atoms. The van der Waals surface area contributed by atoms with Crippen LogP contribution in [0.3, 0.4) is 0 Å². The Morgan fingerprint density at radius 2 is 1.59 bits per heavy atom. The second-order valence-corrected chi connectivity index (χ2v) is 8.11. The predicted molar refractivity (Wildman–Crippen MR) is 121 cm³/mol. The number of carbonyl (C=O) groups excluding carboxylic acids is 2. The van der Waals surface area contributed by atoms with E-state index in [0.29, 0.717) is 12.3 Å². The van der Waals surface area contributed by atoms with Gasteiger partial charge in [0.05, 0.1) is 0 Å². The Bertz CT molecular complexity index is 622. The summed E-state index contributed by atoms with van der Waals surface area (Å²) in [6, 6.07) is 8.12. The Morgan fingerprint density at radius 3 is 2.17 bits per heavy atom. The van der Waals surface area contributed by atoms with Crippen LogP contribution < -0.4 is 10.2 Å². The molecule has 1 heterocycles. The topological polar surface area (TPSA) is 52.7 Å². The fourth-order valence-corrected chi connectivity index (χ4v) is 3.87. The van der Waals surface area contributed by atoms with E-state index in [4.69, 9.17) is 0 Å². The summed E-state index contributed by atoms with van der Waals surface area (Å²) >= 11 is 0. The number of hydrogen-bond acceptors (Lipinski definition) is 3. The van der Waals surface area contributed by atoms with Gasteiger partial charge in [0.15, 0.2) is 0 Å². The van der Waals surface area contributed by atoms with Crippen LogP contribution in [0.5, 0.6) is 0 Å². The van der Waals surface area contributed by atoms with Crippen LogP contribution in [0.25, 0.3) is 0 Å². The maximum atomic E-state index is 12.5. The van der Waals surface area contributed by atoms with Gasteiger partial charge in [0.2, 0.25) is 11.8 Å². The largest absolute Gasteiger partial charge is 0.368 e. The Hall–Kier alpha value is -2.04. The Morgan fingerprint density at radius 1 is 0.931 bits per heavy atom. The zero-order valence-corrected chi connectivity index (χ0v) is 18.6. The number of rotatable bonds is 11. The van der Waals surface area contributed by atoms with Crippen molar-refractivity contribution in [2.45, 2.75) is 72.1 Å². The first-order chi connectivity index (χ1) is 14.1. The normalized spacial score (nSPS) is 15.3. The lowest BCUT2D eigenvalue weighted by Gasteiger charge is -2.36. The van der Waals surface area contributed by atoms with Crippen LogP contribution in [0.4, 0.5) is 11.4 Å². The summed E-state index contributed by atoms with van der Waals surface area (Å²) < 4.78 is 0. The van der Waals surface area contributed by atoms with Gasteiger partial charge in [-0.05, 0) is 43.5 Å². The molecular weight excluding hydrogens is 362 g/mol. The third-order valence-corrected chi connectivity index (χ3v) is 5.90. The number of nitrogens with zero attached hydrogens (tertiary/aromatic N) is 2. The quantitative estimate of drug-likeness (QED) is 0.527. The maximum absolute atomic E-state index is 12.5. The first-order valence-electron chi connectivity index (χ1n) is 11.5. The van der Waals surface area contributed by atoms with Gasteiger partial charge in [0, 0.05) is 49.9 Å². The highest BCUT2D eigenvalue weighted by molar-refractivity contribution is 5.92. The molecule has 2 amide bonds. The van der Waals surface area contributed by atoms with Crippen molar-refractivity contribution in [1.29, 1.82) is 0 Å². The van der Waals surface area contributed by atoms with E-state index in [1.807, 2.05) is 17.0 Å². The molecule has 0 unspecified atom stereocenters. The van der Waals surface area contributed by atoms with E-state index in [9.17, 15) is 9.59 Å². The van der Waals surface area contributed by atoms with E-state index in [-0.39, 0.29) is 11.8 Å². The number of unbranched alkanes of at least 4 members (excludes halogenated alkanes) is 3. The van der Waals surface area contributed by atoms with E-state index in [1.54, 1.807) is 0 Å². The van der Waals surface area contributed by atoms with Gasteiger partial charge in [-0.15, -0.1) is 0 Å². The standard InChI is InChI=1S/C24H39N3O2/c1-4-7-9-11-23(28)27-18-16-26(17-19-27)22-14-12-21(13-15-22)25-24(29)20(6-3)10-8-5-2/h12-15,20H,4-11,16-19H2,1-3H3,(H,25,29)/t20-/m0/s1. The van der Waals surface area contributed by atoms with Gasteiger partial charge in [0.25, 0.3) is 0 Å². The molecule has 1 saturated heterocycles. The number of carbonyl (C=O) groups is 2. The van der Waals surface area contributed by atoms with Crippen molar-refractivity contribution in [1.82, 2.24) is 4.90 Å². The van der Waals surface area contributed by atoms with E-state index in [0.717, 1.165) is 82.5 Å². The zero-order chi connectivity index (χ0) is 21.1. The van der Waals surface area contributed by atoms with Crippen molar-refractivity contribution in [3.8, 4) is 0 Å². The molecule has 1 atom stereocenters. The van der Waals surface area contributed by atoms with Crippen LogP contribution in [0.2, 0.25) is 0 Å². The van der Waals surface area contributed by atoms with E-state index in [1.165, 1.54) is 0 Å². The van der Waals surface area contributed by atoms with Gasteiger partial charge < -0.3 is 15.1 Å². The number of piperazine rings is 1. The summed E-state index contributed by atoms with van der Waals surface area (Å²) in [5.74, 6) is 0.520. The zero-order valence-electron chi connectivity index (χ0n) is 18.6. The Balaban J connectivity index is 1.82. The van der Waals surface area contributed by atoms with E-state index < -0.39 is 0 Å². The molecular formula is C24H39N3O2. The van der Waals surface area contributed by atoms with E-state index >= 15 is 0 Å². The summed E-state index contributed by atoms with van der Waals surface area (Å²) in [5, 5.41) is 3.07. The van der Waals surface area contributed by atoms with Crippen molar-refractivity contribution < 1.29 is 9.59 Å². The molecule has 2 rings (SSSR count). The Kier molecular flexibility index (Phi) is 10.0. The summed E-state index contributed by atoms with van der Waals surface area (Å²) in [5.41, 5.74) is 2.01. The molecule has 0 radical (unpaired) electrons. The highest BCUT2D eigenvalue weighted by Gasteiger charge is 2.21. The average Bonchev–Trinajstić information content (AvgIpc) is 2.75. The Labute approximate surface area is 176 Å². The summed E-state index contributed by atoms with van der Waals surface area (Å²) in [6.07, 6.45) is 8.01. The predicted octanol–water partition coefficient (Wildman–Crippen LogP) is 5.07. The van der Waals surface area contributed by atoms with Gasteiger partial charge in [-0.3, -0.25) is 9.59 Å². The molecule has 0 bridgehead atoms. The second kappa shape index (κ2) is 12.5. The van der Waals surface area contributed by atoms with Crippen molar-refractivity contribution in [2.75, 3.05) is 36.4 Å². The molecule has 1 aliphatic rings. The lowest BCUT2D eigenvalue weighted by Crippen LogP contribution is -2.48. The molecule has 1 aliphatic heterocycles. The summed E-state index contributed by atoms with van der Waals surface area (Å²) in [7, 11) is 0. The monoisotopic (exact) mass is 401 g/mol. The minimum atomic E-state index is 0.0950. The third kappa shape index (κ3) is 7.37. The SMILES string of the molecule is CCCCCC(=O)N1CCN(c2ccc(NC(=O)[C@@H](CC)CCCC)cc2)CC1. The summed E-state index contributed by atoms with van der Waals surface area (Å²) in [6.45, 7) is 9.70. The highest BCUT2D eigenvalue weighted by atomic mass is 16.2. The smallest absolute Gasteiger partial charge is 0.227 e. The number of hydrogen-bond donors (Lipinski definition) is 1. The minimum Gasteiger partial charge on any atom is -0.368 e. The molecule has 0 spiro atoms. The fourth-order valence-electron chi connectivity index (χ4n) is 3.87. The van der Waals surface area contributed by atoms with Crippen LogP contribution in [-0.2, 0) is 9.59 Å². The molecule has 1 aromatic carbocycles. The van der Waals surface area contributed by atoms with Gasteiger partial charge in [-0.25, -0.2) is 0 Å². The average molecular weight is 402 g/mol. The fraction of sp³-hybridized carbons (Fsp3) is 0.667. The molecule has 1 N–H and O–H groups in total. The number of benzene rings is 1. The molecule has 162 valence electrons. The molecule has 0 aliphatic carbocycles. The lowest BCUT2D eigenvalue weighted by molar-refractivity contribution is -0.131. The first kappa shape index (κ1) is 23.2. The van der Waals surface area contributed by atoms with Crippen LogP contribution in [0.1, 0.15) is 72.1 Å². The number of amides is 2. The summed E-state index contributed by atoms with van der Waals surface area (Å²) in [4.78, 5) is 29.1. The van der Waals surface area contributed by atoms with E-state index in [2.05, 4.69) is 43.1 Å². The second-order valence-electron chi connectivity index (χ2n) is 8.11. The van der Waals surface area contributed by atoms with Crippen LogP contribution >= 0.6 is 0 Å². The van der Waals surface area contributed by atoms with Crippen LogP contribution in [0, 0.1) is 5.92 Å². The van der Waals surface area contributed by atoms with Crippen LogP contribution in [-0.4, -0.2) is 42.9 Å². The molecule has 0 saturated carbocycles. The number of anilines is 2. The van der Waals surface area contributed by atoms with Gasteiger partial charge in [0.1, 0.15) is 0 Å². The molecule has 5 heteroatoms. The molecule has 1 fully saturated rings. The van der Waals surface area contributed by atoms with Crippen LogP contribution in [0.15, 0.2) is 24.3 Å².